The van der Waals surface area contributed by atoms with Crippen molar-refractivity contribution in [2.75, 3.05) is 11.9 Å². The number of hydrogen-bond donors (Lipinski definition) is 3. The molecule has 0 aromatic heterocycles. The van der Waals surface area contributed by atoms with Gasteiger partial charge in [-0.3, -0.25) is 20.2 Å². The predicted octanol–water partition coefficient (Wildman–Crippen LogP) is 3.59. The van der Waals surface area contributed by atoms with E-state index in [-0.39, 0.29) is 27.8 Å². The molecule has 0 atom stereocenters. The SMILES string of the molecule is CCOc1ccc(Br)cc1C(=O)NC(=S)Nc1cc([N+](=O)[O-])ccc1O. The first-order chi connectivity index (χ1) is 12.3. The van der Waals surface area contributed by atoms with Crippen LogP contribution in [0.1, 0.15) is 17.3 Å². The van der Waals surface area contributed by atoms with Crippen LogP contribution in [0.25, 0.3) is 0 Å². The minimum atomic E-state index is -0.609. The van der Waals surface area contributed by atoms with Gasteiger partial charge in [-0.05, 0) is 43.4 Å². The van der Waals surface area contributed by atoms with E-state index < -0.39 is 10.8 Å². The zero-order valence-corrected chi connectivity index (χ0v) is 15.9. The van der Waals surface area contributed by atoms with Gasteiger partial charge in [0.1, 0.15) is 11.5 Å². The number of nitro benzene ring substituents is 1. The Labute approximate surface area is 162 Å². The highest BCUT2D eigenvalue weighted by atomic mass is 79.9. The molecule has 0 radical (unpaired) electrons. The molecule has 0 unspecified atom stereocenters. The summed E-state index contributed by atoms with van der Waals surface area (Å²) in [6.07, 6.45) is 0. The van der Waals surface area contributed by atoms with Gasteiger partial charge in [-0.2, -0.15) is 0 Å². The molecule has 3 N–H and O–H groups in total. The Balaban J connectivity index is 2.16. The molecular weight excluding hydrogens is 426 g/mol. The highest BCUT2D eigenvalue weighted by molar-refractivity contribution is 9.10. The number of thiocarbonyl (C=S) groups is 1. The summed E-state index contributed by atoms with van der Waals surface area (Å²) in [5, 5.41) is 25.5. The van der Waals surface area contributed by atoms with Crippen molar-refractivity contribution in [2.45, 2.75) is 6.92 Å². The Morgan fingerprint density at radius 3 is 2.73 bits per heavy atom. The number of anilines is 1. The first kappa shape index (κ1) is 19.6. The molecule has 0 aliphatic rings. The highest BCUT2D eigenvalue weighted by Gasteiger charge is 2.16. The van der Waals surface area contributed by atoms with Crippen molar-refractivity contribution >= 4 is 50.5 Å². The quantitative estimate of drug-likeness (QED) is 0.282. The summed E-state index contributed by atoms with van der Waals surface area (Å²) in [4.78, 5) is 22.7. The van der Waals surface area contributed by atoms with Crippen LogP contribution in [-0.4, -0.2) is 27.7 Å². The summed E-state index contributed by atoms with van der Waals surface area (Å²) in [6.45, 7) is 2.17. The van der Waals surface area contributed by atoms with E-state index >= 15 is 0 Å². The molecule has 10 heteroatoms. The van der Waals surface area contributed by atoms with E-state index in [1.54, 1.807) is 25.1 Å². The lowest BCUT2D eigenvalue weighted by Crippen LogP contribution is -2.34. The van der Waals surface area contributed by atoms with Gasteiger partial charge < -0.3 is 15.2 Å². The molecule has 2 rings (SSSR count). The van der Waals surface area contributed by atoms with E-state index in [9.17, 15) is 20.0 Å². The van der Waals surface area contributed by atoms with Gasteiger partial charge in [0.05, 0.1) is 22.8 Å². The Kier molecular flexibility index (Phi) is 6.47. The van der Waals surface area contributed by atoms with Crippen LogP contribution in [-0.2, 0) is 0 Å². The molecule has 0 heterocycles. The number of nitrogens with one attached hydrogen (secondary N) is 2. The summed E-state index contributed by atoms with van der Waals surface area (Å²) in [6, 6.07) is 8.38. The molecule has 0 spiro atoms. The predicted molar refractivity (Wildman–Crippen MR) is 104 cm³/mol. The van der Waals surface area contributed by atoms with Gasteiger partial charge in [0.15, 0.2) is 5.11 Å². The first-order valence-corrected chi connectivity index (χ1v) is 8.54. The van der Waals surface area contributed by atoms with E-state index in [4.69, 9.17) is 17.0 Å². The third-order valence-corrected chi connectivity index (χ3v) is 3.85. The van der Waals surface area contributed by atoms with Gasteiger partial charge in [0.2, 0.25) is 0 Å². The lowest BCUT2D eigenvalue weighted by molar-refractivity contribution is -0.384. The smallest absolute Gasteiger partial charge is 0.271 e. The second-order valence-corrected chi connectivity index (χ2v) is 6.26. The molecular formula is C16H14BrN3O5S. The number of nitrogens with zero attached hydrogens (tertiary/aromatic N) is 1. The fourth-order valence-corrected chi connectivity index (χ4v) is 2.59. The molecule has 0 aliphatic carbocycles. The molecule has 0 saturated carbocycles. The van der Waals surface area contributed by atoms with Crippen LogP contribution in [0.5, 0.6) is 11.5 Å². The third kappa shape index (κ3) is 4.90. The fraction of sp³-hybridized carbons (Fsp3) is 0.125. The molecule has 26 heavy (non-hydrogen) atoms. The molecule has 136 valence electrons. The lowest BCUT2D eigenvalue weighted by Gasteiger charge is -2.13. The van der Waals surface area contributed by atoms with Crippen molar-refractivity contribution in [1.29, 1.82) is 0 Å². The van der Waals surface area contributed by atoms with Crippen LogP contribution < -0.4 is 15.4 Å². The highest BCUT2D eigenvalue weighted by Crippen LogP contribution is 2.28. The maximum Gasteiger partial charge on any atom is 0.271 e. The second kappa shape index (κ2) is 8.59. The fourth-order valence-electron chi connectivity index (χ4n) is 2.02. The van der Waals surface area contributed by atoms with Crippen LogP contribution in [0.15, 0.2) is 40.9 Å². The average molecular weight is 440 g/mol. The van der Waals surface area contributed by atoms with E-state index in [0.29, 0.717) is 16.8 Å². The number of rotatable bonds is 5. The standard InChI is InChI=1S/C16H14BrN3O5S/c1-2-25-14-6-3-9(17)7-11(14)15(22)19-16(26)18-12-8-10(20(23)24)4-5-13(12)21/h3-8,21H,2H2,1H3,(H2,18,19,22,26). The number of benzene rings is 2. The molecule has 0 saturated heterocycles. The van der Waals surface area contributed by atoms with Gasteiger partial charge in [-0.15, -0.1) is 0 Å². The molecule has 8 nitrogen and oxygen atoms in total. The van der Waals surface area contributed by atoms with Gasteiger partial charge in [-0.25, -0.2) is 0 Å². The van der Waals surface area contributed by atoms with Crippen LogP contribution >= 0.6 is 28.1 Å². The monoisotopic (exact) mass is 439 g/mol. The summed E-state index contributed by atoms with van der Waals surface area (Å²) in [5.74, 6) is -0.393. The number of nitro groups is 1. The Morgan fingerprint density at radius 1 is 1.35 bits per heavy atom. The van der Waals surface area contributed by atoms with Crippen molar-refractivity contribution in [2.24, 2.45) is 0 Å². The lowest BCUT2D eigenvalue weighted by atomic mass is 10.2. The zero-order chi connectivity index (χ0) is 19.3. The molecule has 2 aromatic carbocycles. The Morgan fingerprint density at radius 2 is 2.08 bits per heavy atom. The zero-order valence-electron chi connectivity index (χ0n) is 13.5. The van der Waals surface area contributed by atoms with Crippen molar-refractivity contribution < 1.29 is 19.6 Å². The largest absolute Gasteiger partial charge is 0.506 e. The number of aromatic hydroxyl groups is 1. The van der Waals surface area contributed by atoms with Crippen LogP contribution in [0.3, 0.4) is 0 Å². The summed E-state index contributed by atoms with van der Waals surface area (Å²) in [5.41, 5.74) is 0.0301. The summed E-state index contributed by atoms with van der Waals surface area (Å²) < 4.78 is 6.10. The number of non-ortho nitro benzene ring substituents is 1. The van der Waals surface area contributed by atoms with Crippen molar-refractivity contribution in [3.05, 3.63) is 56.5 Å². The number of amides is 1. The number of carbonyl (C=O) groups is 1. The molecule has 0 aliphatic heterocycles. The van der Waals surface area contributed by atoms with E-state index in [1.165, 1.54) is 0 Å². The number of phenolic OH excluding ortho intramolecular Hbond substituents is 1. The first-order valence-electron chi connectivity index (χ1n) is 7.34. The van der Waals surface area contributed by atoms with Gasteiger partial charge in [0, 0.05) is 16.6 Å². The minimum absolute atomic E-state index is 0.00349. The summed E-state index contributed by atoms with van der Waals surface area (Å²) >= 11 is 8.33. The van der Waals surface area contributed by atoms with Gasteiger partial charge in [0.25, 0.3) is 11.6 Å². The van der Waals surface area contributed by atoms with Crippen molar-refractivity contribution in [3.63, 3.8) is 0 Å². The van der Waals surface area contributed by atoms with Gasteiger partial charge >= 0.3 is 0 Å². The number of hydrogen-bond acceptors (Lipinski definition) is 6. The minimum Gasteiger partial charge on any atom is -0.506 e. The number of ether oxygens (including phenoxy) is 1. The third-order valence-electron chi connectivity index (χ3n) is 3.15. The summed E-state index contributed by atoms with van der Waals surface area (Å²) in [7, 11) is 0. The van der Waals surface area contributed by atoms with Crippen LogP contribution in [0, 0.1) is 10.1 Å². The Bertz CT molecular complexity index is 875. The Hall–Kier alpha value is -2.72. The van der Waals surface area contributed by atoms with Crippen LogP contribution in [0.2, 0.25) is 0 Å². The van der Waals surface area contributed by atoms with E-state index in [2.05, 4.69) is 26.6 Å². The second-order valence-electron chi connectivity index (χ2n) is 4.94. The maximum atomic E-state index is 12.4. The maximum absolute atomic E-state index is 12.4. The normalized spacial score (nSPS) is 10.1. The van der Waals surface area contributed by atoms with Gasteiger partial charge in [-0.1, -0.05) is 15.9 Å². The molecule has 0 bridgehead atoms. The topological polar surface area (TPSA) is 114 Å². The molecule has 0 fully saturated rings. The van der Waals surface area contributed by atoms with Crippen molar-refractivity contribution in [1.82, 2.24) is 5.32 Å². The number of phenols is 1. The van der Waals surface area contributed by atoms with Crippen molar-refractivity contribution in [3.8, 4) is 11.5 Å². The van der Waals surface area contributed by atoms with E-state index in [0.717, 1.165) is 18.2 Å². The van der Waals surface area contributed by atoms with E-state index in [1.807, 2.05) is 0 Å². The molecule has 1 amide bonds. The number of carbonyl (C=O) groups excluding carboxylic acids is 1. The average Bonchev–Trinajstić information content (AvgIpc) is 2.58. The number of halogens is 1. The van der Waals surface area contributed by atoms with Crippen LogP contribution in [0.4, 0.5) is 11.4 Å². The molecule has 2 aromatic rings.